The lowest BCUT2D eigenvalue weighted by Crippen LogP contribution is -2.21. The van der Waals surface area contributed by atoms with Gasteiger partial charge in [-0.2, -0.15) is 0 Å². The lowest BCUT2D eigenvalue weighted by atomic mass is 9.86. The third-order valence-electron chi connectivity index (χ3n) is 3.74. The summed E-state index contributed by atoms with van der Waals surface area (Å²) < 4.78 is 5.32. The highest BCUT2D eigenvalue weighted by atomic mass is 35.5. The number of methoxy groups -OCH3 is 1. The van der Waals surface area contributed by atoms with E-state index in [0.29, 0.717) is 22.9 Å². The molecule has 0 fully saturated rings. The van der Waals surface area contributed by atoms with Gasteiger partial charge in [0, 0.05) is 23.0 Å². The van der Waals surface area contributed by atoms with E-state index in [1.807, 2.05) is 31.2 Å². The number of aryl methyl sites for hydroxylation is 1. The van der Waals surface area contributed by atoms with E-state index in [2.05, 4.69) is 0 Å². The molecule has 0 aliphatic rings. The zero-order valence-corrected chi connectivity index (χ0v) is 13.0. The van der Waals surface area contributed by atoms with Gasteiger partial charge in [0.25, 0.3) is 0 Å². The maximum Gasteiger partial charge on any atom is 0.126 e. The summed E-state index contributed by atoms with van der Waals surface area (Å²) in [5.41, 5.74) is 8.76. The molecule has 0 aliphatic heterocycles. The normalized spacial score (nSPS) is 13.8. The minimum Gasteiger partial charge on any atom is -0.496 e. The van der Waals surface area contributed by atoms with Crippen LogP contribution in [0, 0.1) is 6.92 Å². The molecule has 0 radical (unpaired) electrons. The van der Waals surface area contributed by atoms with Gasteiger partial charge >= 0.3 is 0 Å². The molecule has 21 heavy (non-hydrogen) atoms. The van der Waals surface area contributed by atoms with Gasteiger partial charge in [-0.25, -0.2) is 0 Å². The van der Waals surface area contributed by atoms with Crippen molar-refractivity contribution in [3.63, 3.8) is 0 Å². The van der Waals surface area contributed by atoms with Gasteiger partial charge in [-0.3, -0.25) is 0 Å². The summed E-state index contributed by atoms with van der Waals surface area (Å²) in [5, 5.41) is 11.3. The molecule has 0 aromatic heterocycles. The summed E-state index contributed by atoms with van der Waals surface area (Å²) in [5.74, 6) is 0.378. The predicted molar refractivity (Wildman–Crippen MR) is 85.9 cm³/mol. The Bertz CT molecular complexity index is 615. The van der Waals surface area contributed by atoms with E-state index in [0.717, 1.165) is 11.1 Å². The Morgan fingerprint density at radius 1 is 1.19 bits per heavy atom. The molecule has 0 aliphatic carbocycles. The van der Waals surface area contributed by atoms with Crippen molar-refractivity contribution in [3.05, 3.63) is 64.2 Å². The van der Waals surface area contributed by atoms with Gasteiger partial charge in [-0.1, -0.05) is 41.9 Å². The molecular formula is C17H20ClNO2. The SMILES string of the molecule is COc1cc(Cl)ccc1C(O)C(CN)c1ccccc1C. The van der Waals surface area contributed by atoms with E-state index >= 15 is 0 Å². The molecule has 0 saturated heterocycles. The second-order valence-electron chi connectivity index (χ2n) is 5.03. The molecule has 4 heteroatoms. The number of hydrogen-bond donors (Lipinski definition) is 2. The zero-order valence-electron chi connectivity index (χ0n) is 12.2. The van der Waals surface area contributed by atoms with Crippen molar-refractivity contribution in [1.82, 2.24) is 0 Å². The third-order valence-corrected chi connectivity index (χ3v) is 3.97. The first-order valence-electron chi connectivity index (χ1n) is 6.85. The molecule has 0 amide bonds. The number of aliphatic hydroxyl groups is 1. The van der Waals surface area contributed by atoms with Gasteiger partial charge in [0.1, 0.15) is 5.75 Å². The number of rotatable bonds is 5. The molecule has 2 atom stereocenters. The second kappa shape index (κ2) is 6.94. The number of hydrogen-bond acceptors (Lipinski definition) is 3. The molecule has 2 rings (SSSR count). The van der Waals surface area contributed by atoms with Crippen LogP contribution >= 0.6 is 11.6 Å². The largest absolute Gasteiger partial charge is 0.496 e. The minimum atomic E-state index is -0.747. The maximum atomic E-state index is 10.8. The molecule has 3 nitrogen and oxygen atoms in total. The molecule has 2 aromatic rings. The van der Waals surface area contributed by atoms with Crippen molar-refractivity contribution in [1.29, 1.82) is 0 Å². The van der Waals surface area contributed by atoms with Gasteiger partial charge in [-0.15, -0.1) is 0 Å². The molecule has 0 heterocycles. The number of halogens is 1. The van der Waals surface area contributed by atoms with E-state index in [-0.39, 0.29) is 5.92 Å². The number of benzene rings is 2. The van der Waals surface area contributed by atoms with Crippen LogP contribution in [0.3, 0.4) is 0 Å². The number of ether oxygens (including phenoxy) is 1. The fourth-order valence-corrected chi connectivity index (χ4v) is 2.74. The Balaban J connectivity index is 2.41. The van der Waals surface area contributed by atoms with Crippen LogP contribution < -0.4 is 10.5 Å². The highest BCUT2D eigenvalue weighted by molar-refractivity contribution is 6.30. The Kier molecular flexibility index (Phi) is 5.23. The van der Waals surface area contributed by atoms with Crippen LogP contribution in [0.1, 0.15) is 28.7 Å². The molecule has 2 unspecified atom stereocenters. The standard InChI is InChI=1S/C17H20ClNO2/c1-11-5-3-4-6-13(11)15(10-19)17(20)14-8-7-12(18)9-16(14)21-2/h3-9,15,17,20H,10,19H2,1-2H3. The van der Waals surface area contributed by atoms with Crippen molar-refractivity contribution in [2.24, 2.45) is 5.73 Å². The maximum absolute atomic E-state index is 10.8. The van der Waals surface area contributed by atoms with Crippen molar-refractivity contribution in [3.8, 4) is 5.75 Å². The fourth-order valence-electron chi connectivity index (χ4n) is 2.57. The number of nitrogens with two attached hydrogens (primary N) is 1. The Morgan fingerprint density at radius 2 is 1.90 bits per heavy atom. The van der Waals surface area contributed by atoms with E-state index in [1.54, 1.807) is 25.3 Å². The van der Waals surface area contributed by atoms with Crippen LogP contribution in [-0.4, -0.2) is 18.8 Å². The van der Waals surface area contributed by atoms with Crippen molar-refractivity contribution >= 4 is 11.6 Å². The van der Waals surface area contributed by atoms with Crippen LogP contribution in [-0.2, 0) is 0 Å². The predicted octanol–water partition coefficient (Wildman–Crippen LogP) is 3.43. The van der Waals surface area contributed by atoms with Crippen LogP contribution in [0.2, 0.25) is 5.02 Å². The first kappa shape index (κ1) is 15.8. The van der Waals surface area contributed by atoms with E-state index in [9.17, 15) is 5.11 Å². The van der Waals surface area contributed by atoms with Crippen LogP contribution in [0.15, 0.2) is 42.5 Å². The van der Waals surface area contributed by atoms with Crippen molar-refractivity contribution in [2.45, 2.75) is 18.9 Å². The lowest BCUT2D eigenvalue weighted by molar-refractivity contribution is 0.143. The van der Waals surface area contributed by atoms with Gasteiger partial charge in [0.05, 0.1) is 13.2 Å². The summed E-state index contributed by atoms with van der Waals surface area (Å²) in [6.07, 6.45) is -0.747. The summed E-state index contributed by atoms with van der Waals surface area (Å²) in [6, 6.07) is 13.2. The highest BCUT2D eigenvalue weighted by Gasteiger charge is 2.25. The van der Waals surface area contributed by atoms with Crippen molar-refractivity contribution in [2.75, 3.05) is 13.7 Å². The van der Waals surface area contributed by atoms with E-state index in [4.69, 9.17) is 22.1 Å². The molecule has 0 bridgehead atoms. The Hall–Kier alpha value is -1.55. The third kappa shape index (κ3) is 3.38. The zero-order chi connectivity index (χ0) is 15.4. The first-order valence-corrected chi connectivity index (χ1v) is 7.23. The summed E-state index contributed by atoms with van der Waals surface area (Å²) in [4.78, 5) is 0. The molecular weight excluding hydrogens is 286 g/mol. The average molecular weight is 306 g/mol. The quantitative estimate of drug-likeness (QED) is 0.890. The highest BCUT2D eigenvalue weighted by Crippen LogP contribution is 2.37. The molecule has 0 saturated carbocycles. The monoisotopic (exact) mass is 305 g/mol. The fraction of sp³-hybridized carbons (Fsp3) is 0.294. The second-order valence-corrected chi connectivity index (χ2v) is 5.47. The smallest absolute Gasteiger partial charge is 0.126 e. The lowest BCUT2D eigenvalue weighted by Gasteiger charge is -2.25. The first-order chi connectivity index (χ1) is 10.1. The minimum absolute atomic E-state index is 0.193. The van der Waals surface area contributed by atoms with Gasteiger partial charge in [0.2, 0.25) is 0 Å². The van der Waals surface area contributed by atoms with Crippen molar-refractivity contribution < 1.29 is 9.84 Å². The summed E-state index contributed by atoms with van der Waals surface area (Å²) in [6.45, 7) is 2.36. The average Bonchev–Trinajstić information content (AvgIpc) is 2.49. The molecule has 3 N–H and O–H groups in total. The number of aliphatic hydroxyl groups excluding tert-OH is 1. The topological polar surface area (TPSA) is 55.5 Å². The van der Waals surface area contributed by atoms with E-state index in [1.165, 1.54) is 0 Å². The molecule has 112 valence electrons. The summed E-state index contributed by atoms with van der Waals surface area (Å²) in [7, 11) is 1.56. The van der Waals surface area contributed by atoms with Crippen LogP contribution in [0.5, 0.6) is 5.75 Å². The molecule has 2 aromatic carbocycles. The van der Waals surface area contributed by atoms with Gasteiger partial charge < -0.3 is 15.6 Å². The van der Waals surface area contributed by atoms with Gasteiger partial charge in [-0.05, 0) is 30.2 Å². The van der Waals surface area contributed by atoms with Crippen LogP contribution in [0.25, 0.3) is 0 Å². The van der Waals surface area contributed by atoms with E-state index < -0.39 is 6.10 Å². The Labute approximate surface area is 130 Å². The molecule has 0 spiro atoms. The van der Waals surface area contributed by atoms with Crippen LogP contribution in [0.4, 0.5) is 0 Å². The summed E-state index contributed by atoms with van der Waals surface area (Å²) >= 11 is 5.97. The Morgan fingerprint density at radius 3 is 2.52 bits per heavy atom. The van der Waals surface area contributed by atoms with Gasteiger partial charge in [0.15, 0.2) is 0 Å².